The number of nitrogens with one attached hydrogen (secondary N) is 1. The van der Waals surface area contributed by atoms with Crippen molar-refractivity contribution in [2.24, 2.45) is 5.92 Å². The van der Waals surface area contributed by atoms with Crippen molar-refractivity contribution < 1.29 is 4.79 Å². The van der Waals surface area contributed by atoms with E-state index >= 15 is 0 Å². The van der Waals surface area contributed by atoms with Gasteiger partial charge in [-0.2, -0.15) is 0 Å². The Bertz CT molecular complexity index is 413. The second-order valence-corrected chi connectivity index (χ2v) is 6.31. The van der Waals surface area contributed by atoms with Crippen molar-refractivity contribution in [1.82, 2.24) is 10.2 Å². The molecule has 3 nitrogen and oxygen atoms in total. The molecule has 1 aromatic carbocycles. The Balaban J connectivity index is 1.99. The van der Waals surface area contributed by atoms with Crippen molar-refractivity contribution in [2.45, 2.75) is 19.8 Å². The summed E-state index contributed by atoms with van der Waals surface area (Å²) in [7, 11) is 0. The zero-order valence-electron chi connectivity index (χ0n) is 11.4. The molecule has 19 heavy (non-hydrogen) atoms. The van der Waals surface area contributed by atoms with Crippen LogP contribution in [0.15, 0.2) is 24.3 Å². The second-order valence-electron chi connectivity index (χ2n) is 5.06. The van der Waals surface area contributed by atoms with Gasteiger partial charge >= 0.3 is 0 Å². The van der Waals surface area contributed by atoms with Crippen LogP contribution in [0.5, 0.6) is 0 Å². The lowest BCUT2D eigenvalue weighted by Gasteiger charge is -2.29. The van der Waals surface area contributed by atoms with E-state index in [2.05, 4.69) is 34.8 Å². The molecule has 104 valence electrons. The third-order valence-corrected chi connectivity index (χ3v) is 4.36. The van der Waals surface area contributed by atoms with Gasteiger partial charge in [0.2, 0.25) is 0 Å². The maximum Gasteiger partial charge on any atom is 0.253 e. The van der Waals surface area contributed by atoms with Gasteiger partial charge < -0.3 is 10.2 Å². The SMILES string of the molecule is CCN(CC1CCCNC1)C(=O)c1ccc(I)cc1. The summed E-state index contributed by atoms with van der Waals surface area (Å²) in [5.74, 6) is 0.756. The first-order valence-electron chi connectivity index (χ1n) is 6.96. The number of rotatable bonds is 4. The fourth-order valence-corrected chi connectivity index (χ4v) is 2.88. The lowest BCUT2D eigenvalue weighted by molar-refractivity contribution is 0.0729. The molecule has 1 aliphatic rings. The molecule has 1 aliphatic heterocycles. The van der Waals surface area contributed by atoms with E-state index in [4.69, 9.17) is 0 Å². The second kappa shape index (κ2) is 7.24. The molecule has 4 heteroatoms. The summed E-state index contributed by atoms with van der Waals surface area (Å²) in [6.07, 6.45) is 2.45. The lowest BCUT2D eigenvalue weighted by Crippen LogP contribution is -2.41. The molecule has 0 saturated carbocycles. The highest BCUT2D eigenvalue weighted by molar-refractivity contribution is 14.1. The van der Waals surface area contributed by atoms with Crippen LogP contribution in [0, 0.1) is 9.49 Å². The van der Waals surface area contributed by atoms with Gasteiger partial charge in [0.05, 0.1) is 0 Å². The predicted octanol–water partition coefficient (Wildman–Crippen LogP) is 2.75. The first kappa shape index (κ1) is 14.8. The van der Waals surface area contributed by atoms with Gasteiger partial charge in [0.15, 0.2) is 0 Å². The topological polar surface area (TPSA) is 32.3 Å². The van der Waals surface area contributed by atoms with E-state index in [1.807, 2.05) is 29.2 Å². The van der Waals surface area contributed by atoms with Gasteiger partial charge in [-0.15, -0.1) is 0 Å². The Morgan fingerprint density at radius 3 is 2.74 bits per heavy atom. The number of hydrogen-bond acceptors (Lipinski definition) is 2. The summed E-state index contributed by atoms with van der Waals surface area (Å²) >= 11 is 2.26. The number of benzene rings is 1. The molecule has 1 saturated heterocycles. The van der Waals surface area contributed by atoms with Crippen LogP contribution in [0.4, 0.5) is 0 Å². The summed E-state index contributed by atoms with van der Waals surface area (Å²) < 4.78 is 1.16. The van der Waals surface area contributed by atoms with Gasteiger partial charge in [0.1, 0.15) is 0 Å². The van der Waals surface area contributed by atoms with Crippen LogP contribution >= 0.6 is 22.6 Å². The number of carbonyl (C=O) groups excluding carboxylic acids is 1. The number of hydrogen-bond donors (Lipinski definition) is 1. The minimum Gasteiger partial charge on any atom is -0.339 e. The summed E-state index contributed by atoms with van der Waals surface area (Å²) in [4.78, 5) is 14.4. The first-order chi connectivity index (χ1) is 9.20. The number of piperidine rings is 1. The van der Waals surface area contributed by atoms with Crippen LogP contribution in [0.2, 0.25) is 0 Å². The van der Waals surface area contributed by atoms with Gasteiger partial charge in [0.25, 0.3) is 5.91 Å². The molecular formula is C15H21IN2O. The molecule has 0 aromatic heterocycles. The summed E-state index contributed by atoms with van der Waals surface area (Å²) in [6.45, 7) is 5.86. The quantitative estimate of drug-likeness (QED) is 0.825. The van der Waals surface area contributed by atoms with Crippen molar-refractivity contribution in [2.75, 3.05) is 26.2 Å². The van der Waals surface area contributed by atoms with Crippen molar-refractivity contribution in [3.8, 4) is 0 Å². The Hall–Kier alpha value is -0.620. The maximum atomic E-state index is 12.5. The van der Waals surface area contributed by atoms with Gasteiger partial charge in [0, 0.05) is 22.2 Å². The van der Waals surface area contributed by atoms with E-state index in [1.54, 1.807) is 0 Å². The highest BCUT2D eigenvalue weighted by Crippen LogP contribution is 2.15. The molecule has 1 N–H and O–H groups in total. The normalized spacial score (nSPS) is 19.2. The van der Waals surface area contributed by atoms with Gasteiger partial charge in [-0.05, 0) is 85.6 Å². The summed E-state index contributed by atoms with van der Waals surface area (Å²) in [6, 6.07) is 7.82. The minimum atomic E-state index is 0.157. The average Bonchev–Trinajstić information content (AvgIpc) is 2.46. The Morgan fingerprint density at radius 2 is 2.16 bits per heavy atom. The Kier molecular flexibility index (Phi) is 5.63. The van der Waals surface area contributed by atoms with E-state index < -0.39 is 0 Å². The van der Waals surface area contributed by atoms with Crippen LogP contribution in [0.1, 0.15) is 30.1 Å². The summed E-state index contributed by atoms with van der Waals surface area (Å²) in [5.41, 5.74) is 0.797. The molecule has 1 fully saturated rings. The van der Waals surface area contributed by atoms with E-state index in [1.165, 1.54) is 12.8 Å². The molecule has 2 rings (SSSR count). The third-order valence-electron chi connectivity index (χ3n) is 3.64. The van der Waals surface area contributed by atoms with Crippen LogP contribution in [-0.2, 0) is 0 Å². The van der Waals surface area contributed by atoms with Crippen LogP contribution < -0.4 is 5.32 Å². The first-order valence-corrected chi connectivity index (χ1v) is 8.04. The van der Waals surface area contributed by atoms with E-state index in [9.17, 15) is 4.79 Å². The van der Waals surface area contributed by atoms with Crippen molar-refractivity contribution in [3.63, 3.8) is 0 Å². The lowest BCUT2D eigenvalue weighted by atomic mass is 9.99. The van der Waals surface area contributed by atoms with Gasteiger partial charge in [-0.25, -0.2) is 0 Å². The van der Waals surface area contributed by atoms with E-state index in [-0.39, 0.29) is 5.91 Å². The molecule has 1 atom stereocenters. The van der Waals surface area contributed by atoms with Crippen molar-refractivity contribution in [3.05, 3.63) is 33.4 Å². The Labute approximate surface area is 128 Å². The van der Waals surface area contributed by atoms with Gasteiger partial charge in [-0.3, -0.25) is 4.79 Å². The molecule has 0 aliphatic carbocycles. The number of carbonyl (C=O) groups is 1. The summed E-state index contributed by atoms with van der Waals surface area (Å²) in [5, 5.41) is 3.41. The molecule has 0 radical (unpaired) electrons. The number of nitrogens with zero attached hydrogens (tertiary/aromatic N) is 1. The molecular weight excluding hydrogens is 351 g/mol. The highest BCUT2D eigenvalue weighted by Gasteiger charge is 2.20. The van der Waals surface area contributed by atoms with E-state index in [0.717, 1.165) is 35.3 Å². The smallest absolute Gasteiger partial charge is 0.253 e. The number of amides is 1. The zero-order valence-corrected chi connectivity index (χ0v) is 13.5. The standard InChI is InChI=1S/C15H21IN2O/c1-2-18(11-12-4-3-9-17-10-12)15(19)13-5-7-14(16)8-6-13/h5-8,12,17H,2-4,9-11H2,1H3. The minimum absolute atomic E-state index is 0.157. The molecule has 1 heterocycles. The average molecular weight is 372 g/mol. The largest absolute Gasteiger partial charge is 0.339 e. The maximum absolute atomic E-state index is 12.5. The van der Waals surface area contributed by atoms with Crippen LogP contribution in [0.25, 0.3) is 0 Å². The fraction of sp³-hybridized carbons (Fsp3) is 0.533. The van der Waals surface area contributed by atoms with Crippen LogP contribution in [-0.4, -0.2) is 37.0 Å². The predicted molar refractivity (Wildman–Crippen MR) is 86.3 cm³/mol. The molecule has 0 bridgehead atoms. The highest BCUT2D eigenvalue weighted by atomic mass is 127. The Morgan fingerprint density at radius 1 is 1.42 bits per heavy atom. The van der Waals surface area contributed by atoms with Gasteiger partial charge in [-0.1, -0.05) is 0 Å². The molecule has 1 unspecified atom stereocenters. The fourth-order valence-electron chi connectivity index (χ4n) is 2.52. The van der Waals surface area contributed by atoms with E-state index in [0.29, 0.717) is 5.92 Å². The van der Waals surface area contributed by atoms with Crippen molar-refractivity contribution >= 4 is 28.5 Å². The van der Waals surface area contributed by atoms with Crippen LogP contribution in [0.3, 0.4) is 0 Å². The molecule has 1 aromatic rings. The molecule has 1 amide bonds. The number of halogens is 1. The zero-order chi connectivity index (χ0) is 13.7. The monoisotopic (exact) mass is 372 g/mol. The van der Waals surface area contributed by atoms with Crippen molar-refractivity contribution in [1.29, 1.82) is 0 Å². The molecule has 0 spiro atoms. The third kappa shape index (κ3) is 4.18.